The summed E-state index contributed by atoms with van der Waals surface area (Å²) in [4.78, 5) is 24.3. The lowest BCUT2D eigenvalue weighted by Gasteiger charge is -2.18. The average molecular weight is 454 g/mol. The van der Waals surface area contributed by atoms with Crippen molar-refractivity contribution < 1.29 is 22.8 Å². The molecule has 2 N–H and O–H groups in total. The Morgan fingerprint density at radius 3 is 2.19 bits per heavy atom. The summed E-state index contributed by atoms with van der Waals surface area (Å²) in [5, 5.41) is 5.78. The van der Waals surface area contributed by atoms with Gasteiger partial charge < -0.3 is 5.32 Å². The molecule has 0 aromatic heterocycles. The van der Waals surface area contributed by atoms with Gasteiger partial charge in [-0.15, -0.1) is 0 Å². The average Bonchev–Trinajstić information content (AvgIpc) is 2.66. The lowest BCUT2D eigenvalue weighted by Crippen LogP contribution is -2.22. The SMILES string of the molecule is C/C(CC(=O)Nc1ccc(Cl)c(C(F)(F)F)c1)=N/NC(=O)c1ccc(C(C)(C)C)cc1. The van der Waals surface area contributed by atoms with Gasteiger partial charge in [0.15, 0.2) is 0 Å². The number of nitrogens with zero attached hydrogens (tertiary/aromatic N) is 1. The Morgan fingerprint density at radius 1 is 1.03 bits per heavy atom. The van der Waals surface area contributed by atoms with Gasteiger partial charge in [0, 0.05) is 17.0 Å². The van der Waals surface area contributed by atoms with Gasteiger partial charge in [0.2, 0.25) is 5.91 Å². The van der Waals surface area contributed by atoms with Crippen molar-refractivity contribution in [3.05, 3.63) is 64.2 Å². The Labute approximate surface area is 183 Å². The fraction of sp³-hybridized carbons (Fsp3) is 0.318. The van der Waals surface area contributed by atoms with E-state index in [0.29, 0.717) is 5.56 Å². The number of hydrazone groups is 1. The molecule has 166 valence electrons. The highest BCUT2D eigenvalue weighted by Crippen LogP contribution is 2.36. The van der Waals surface area contributed by atoms with Gasteiger partial charge in [-0.25, -0.2) is 5.43 Å². The van der Waals surface area contributed by atoms with Gasteiger partial charge in [0.25, 0.3) is 5.91 Å². The molecule has 0 radical (unpaired) electrons. The zero-order valence-corrected chi connectivity index (χ0v) is 18.3. The maximum Gasteiger partial charge on any atom is 0.417 e. The molecule has 31 heavy (non-hydrogen) atoms. The van der Waals surface area contributed by atoms with Crippen molar-refractivity contribution in [2.24, 2.45) is 5.10 Å². The molecular weight excluding hydrogens is 431 g/mol. The number of hydrogen-bond donors (Lipinski definition) is 2. The van der Waals surface area contributed by atoms with Crippen LogP contribution >= 0.6 is 11.6 Å². The number of hydrogen-bond acceptors (Lipinski definition) is 3. The van der Waals surface area contributed by atoms with Gasteiger partial charge in [-0.3, -0.25) is 9.59 Å². The van der Waals surface area contributed by atoms with E-state index in [0.717, 1.165) is 17.7 Å². The van der Waals surface area contributed by atoms with Crippen LogP contribution in [0.3, 0.4) is 0 Å². The number of nitrogens with one attached hydrogen (secondary N) is 2. The third-order valence-electron chi connectivity index (χ3n) is 4.33. The molecule has 0 saturated heterocycles. The lowest BCUT2D eigenvalue weighted by molar-refractivity contribution is -0.137. The summed E-state index contributed by atoms with van der Waals surface area (Å²) in [6, 6.07) is 10.2. The first kappa shape index (κ1) is 24.4. The molecule has 0 unspecified atom stereocenters. The van der Waals surface area contributed by atoms with Crippen LogP contribution in [0.4, 0.5) is 18.9 Å². The summed E-state index contributed by atoms with van der Waals surface area (Å²) in [6.07, 6.45) is -4.85. The van der Waals surface area contributed by atoms with Crippen LogP contribution in [-0.4, -0.2) is 17.5 Å². The van der Waals surface area contributed by atoms with Crippen molar-refractivity contribution >= 4 is 34.8 Å². The van der Waals surface area contributed by atoms with E-state index in [1.807, 2.05) is 12.1 Å². The largest absolute Gasteiger partial charge is 0.417 e. The molecule has 0 spiro atoms. The molecule has 2 rings (SSSR count). The van der Waals surface area contributed by atoms with Crippen molar-refractivity contribution in [1.82, 2.24) is 5.43 Å². The highest BCUT2D eigenvalue weighted by molar-refractivity contribution is 6.31. The molecule has 9 heteroatoms. The van der Waals surface area contributed by atoms with E-state index < -0.39 is 28.6 Å². The summed E-state index contributed by atoms with van der Waals surface area (Å²) in [5.41, 5.74) is 3.01. The van der Waals surface area contributed by atoms with E-state index in [1.165, 1.54) is 13.0 Å². The van der Waals surface area contributed by atoms with Crippen LogP contribution in [0.1, 0.15) is 55.6 Å². The summed E-state index contributed by atoms with van der Waals surface area (Å²) in [6.45, 7) is 7.71. The molecule has 0 atom stereocenters. The number of halogens is 4. The number of anilines is 1. The molecule has 0 heterocycles. The van der Waals surface area contributed by atoms with Crippen LogP contribution in [0.25, 0.3) is 0 Å². The maximum absolute atomic E-state index is 12.9. The predicted molar refractivity (Wildman–Crippen MR) is 115 cm³/mol. The van der Waals surface area contributed by atoms with Crippen molar-refractivity contribution in [3.8, 4) is 0 Å². The predicted octanol–water partition coefficient (Wildman–Crippen LogP) is 5.79. The van der Waals surface area contributed by atoms with E-state index in [4.69, 9.17) is 11.6 Å². The number of carbonyl (C=O) groups excluding carboxylic acids is 2. The van der Waals surface area contributed by atoms with Crippen LogP contribution in [0.5, 0.6) is 0 Å². The number of benzene rings is 2. The van der Waals surface area contributed by atoms with Gasteiger partial charge >= 0.3 is 6.18 Å². The Bertz CT molecular complexity index is 995. The Hall–Kier alpha value is -2.87. The van der Waals surface area contributed by atoms with E-state index in [2.05, 4.69) is 36.6 Å². The fourth-order valence-electron chi connectivity index (χ4n) is 2.63. The minimum atomic E-state index is -4.63. The fourth-order valence-corrected chi connectivity index (χ4v) is 2.85. The summed E-state index contributed by atoms with van der Waals surface area (Å²) >= 11 is 5.56. The van der Waals surface area contributed by atoms with Crippen molar-refractivity contribution in [2.45, 2.75) is 45.7 Å². The highest BCUT2D eigenvalue weighted by atomic mass is 35.5. The van der Waals surface area contributed by atoms with Crippen LogP contribution in [0.15, 0.2) is 47.6 Å². The topological polar surface area (TPSA) is 70.6 Å². The maximum atomic E-state index is 12.9. The standard InChI is InChI=1S/C22H23ClF3N3O2/c1-13(28-29-20(31)14-5-7-15(8-6-14)21(2,3)4)11-19(30)27-16-9-10-18(23)17(12-16)22(24,25)26/h5-10,12H,11H2,1-4H3,(H,27,30)(H,29,31)/b28-13-. The molecule has 0 aliphatic carbocycles. The van der Waals surface area contributed by atoms with E-state index in [9.17, 15) is 22.8 Å². The molecule has 5 nitrogen and oxygen atoms in total. The van der Waals surface area contributed by atoms with E-state index in [-0.39, 0.29) is 23.2 Å². The van der Waals surface area contributed by atoms with Crippen molar-refractivity contribution in [1.29, 1.82) is 0 Å². The lowest BCUT2D eigenvalue weighted by atomic mass is 9.87. The van der Waals surface area contributed by atoms with Crippen molar-refractivity contribution in [3.63, 3.8) is 0 Å². The summed E-state index contributed by atoms with van der Waals surface area (Å²) < 4.78 is 38.7. The second kappa shape index (κ2) is 9.51. The minimum absolute atomic E-state index is 0.0396. The Balaban J connectivity index is 1.96. The van der Waals surface area contributed by atoms with Gasteiger partial charge in [0.1, 0.15) is 0 Å². The third-order valence-corrected chi connectivity index (χ3v) is 4.66. The van der Waals surface area contributed by atoms with Crippen LogP contribution in [-0.2, 0) is 16.4 Å². The molecule has 0 bridgehead atoms. The summed E-state index contributed by atoms with van der Waals surface area (Å²) in [5.74, 6) is -1.02. The second-order valence-electron chi connectivity index (χ2n) is 8.03. The number of alkyl halides is 3. The van der Waals surface area contributed by atoms with Gasteiger partial charge in [-0.1, -0.05) is 44.5 Å². The van der Waals surface area contributed by atoms with Crippen LogP contribution in [0.2, 0.25) is 5.02 Å². The molecule has 0 saturated carbocycles. The summed E-state index contributed by atoms with van der Waals surface area (Å²) in [7, 11) is 0. The molecule has 2 amide bonds. The molecular formula is C22H23ClF3N3O2. The molecule has 0 aliphatic heterocycles. The molecule has 0 aliphatic rings. The second-order valence-corrected chi connectivity index (χ2v) is 8.44. The molecule has 2 aromatic rings. The highest BCUT2D eigenvalue weighted by Gasteiger charge is 2.33. The van der Waals surface area contributed by atoms with E-state index in [1.54, 1.807) is 12.1 Å². The first-order valence-corrected chi connectivity index (χ1v) is 9.76. The Morgan fingerprint density at radius 2 is 1.65 bits per heavy atom. The van der Waals surface area contributed by atoms with Crippen molar-refractivity contribution in [2.75, 3.05) is 5.32 Å². The van der Waals surface area contributed by atoms with Crippen LogP contribution in [0, 0.1) is 0 Å². The smallest absolute Gasteiger partial charge is 0.326 e. The minimum Gasteiger partial charge on any atom is -0.326 e. The number of carbonyl (C=O) groups is 2. The first-order valence-electron chi connectivity index (χ1n) is 9.38. The van der Waals surface area contributed by atoms with Gasteiger partial charge in [0.05, 0.1) is 17.0 Å². The third kappa shape index (κ3) is 7.10. The molecule has 0 fully saturated rings. The first-order chi connectivity index (χ1) is 14.3. The quantitative estimate of drug-likeness (QED) is 0.444. The van der Waals surface area contributed by atoms with E-state index >= 15 is 0 Å². The number of rotatable bonds is 5. The number of amides is 2. The normalized spacial score (nSPS) is 12.5. The monoisotopic (exact) mass is 453 g/mol. The zero-order valence-electron chi connectivity index (χ0n) is 17.5. The van der Waals surface area contributed by atoms with Crippen LogP contribution < -0.4 is 10.7 Å². The zero-order chi connectivity index (χ0) is 23.4. The van der Waals surface area contributed by atoms with Gasteiger partial charge in [-0.05, 0) is 48.2 Å². The molecule has 2 aromatic carbocycles. The van der Waals surface area contributed by atoms with Gasteiger partial charge in [-0.2, -0.15) is 18.3 Å². The Kier molecular flexibility index (Phi) is 7.49.